The van der Waals surface area contributed by atoms with E-state index >= 15 is 0 Å². The van der Waals surface area contributed by atoms with Crippen LogP contribution in [0, 0.1) is 0 Å². The molecule has 1 amide bonds. The Morgan fingerprint density at radius 3 is 2.57 bits per heavy atom. The highest BCUT2D eigenvalue weighted by Crippen LogP contribution is 2.32. The van der Waals surface area contributed by atoms with E-state index in [1.54, 1.807) is 6.26 Å². The van der Waals surface area contributed by atoms with Gasteiger partial charge in [-0.3, -0.25) is 4.79 Å². The molecule has 1 aliphatic rings. The maximum Gasteiger partial charge on any atom is 0.238 e. The van der Waals surface area contributed by atoms with Gasteiger partial charge in [0.1, 0.15) is 5.76 Å². The predicted molar refractivity (Wildman–Crippen MR) is 91.3 cm³/mol. The first kappa shape index (κ1) is 15.8. The molecule has 0 unspecified atom stereocenters. The zero-order valence-corrected chi connectivity index (χ0v) is 13.4. The molecular weight excluding hydrogens is 288 g/mol. The van der Waals surface area contributed by atoms with Gasteiger partial charge in [-0.15, -0.1) is 0 Å². The third-order valence-electron chi connectivity index (χ3n) is 4.44. The van der Waals surface area contributed by atoms with Gasteiger partial charge in [0.25, 0.3) is 0 Å². The van der Waals surface area contributed by atoms with Gasteiger partial charge < -0.3 is 15.1 Å². The number of carbonyl (C=O) groups is 1. The third kappa shape index (κ3) is 4.70. The summed E-state index contributed by atoms with van der Waals surface area (Å²) in [5.41, 5.74) is 2.26. The Bertz CT molecular complexity index is 599. The van der Waals surface area contributed by atoms with Gasteiger partial charge in [-0.1, -0.05) is 31.4 Å². The Kier molecular flexibility index (Phi) is 5.48. The van der Waals surface area contributed by atoms with E-state index in [0.717, 1.165) is 11.4 Å². The summed E-state index contributed by atoms with van der Waals surface area (Å²) in [4.78, 5) is 11.9. The normalized spacial score (nSPS) is 15.5. The first-order valence-electron chi connectivity index (χ1n) is 8.44. The Balaban J connectivity index is 1.44. The Morgan fingerprint density at radius 1 is 1.09 bits per heavy atom. The van der Waals surface area contributed by atoms with Gasteiger partial charge in [-0.25, -0.2) is 0 Å². The zero-order valence-electron chi connectivity index (χ0n) is 13.4. The molecule has 2 N–H and O–H groups in total. The number of amides is 1. The lowest BCUT2D eigenvalue weighted by molar-refractivity contribution is -0.115. The summed E-state index contributed by atoms with van der Waals surface area (Å²) in [6.07, 6.45) is 8.26. The summed E-state index contributed by atoms with van der Waals surface area (Å²) >= 11 is 0. The summed E-state index contributed by atoms with van der Waals surface area (Å²) in [5.74, 6) is 1.49. The molecule has 0 radical (unpaired) electrons. The highest BCUT2D eigenvalue weighted by Gasteiger charge is 2.15. The molecule has 1 aliphatic carbocycles. The van der Waals surface area contributed by atoms with E-state index in [2.05, 4.69) is 22.8 Å². The monoisotopic (exact) mass is 312 g/mol. The molecule has 0 bridgehead atoms. The Morgan fingerprint density at radius 2 is 1.87 bits per heavy atom. The van der Waals surface area contributed by atoms with Crippen LogP contribution in [0.25, 0.3) is 0 Å². The number of hydrogen-bond donors (Lipinski definition) is 2. The minimum absolute atomic E-state index is 0.0398. The van der Waals surface area contributed by atoms with Gasteiger partial charge in [0.05, 0.1) is 19.4 Å². The number of benzene rings is 1. The van der Waals surface area contributed by atoms with Crippen LogP contribution in [0.1, 0.15) is 49.3 Å². The second-order valence-electron chi connectivity index (χ2n) is 6.19. The van der Waals surface area contributed by atoms with Crippen LogP contribution in [-0.2, 0) is 11.3 Å². The largest absolute Gasteiger partial charge is 0.468 e. The molecule has 4 heteroatoms. The molecule has 0 atom stereocenters. The molecule has 4 nitrogen and oxygen atoms in total. The lowest BCUT2D eigenvalue weighted by Gasteiger charge is -2.22. The Hall–Kier alpha value is -2.07. The highest BCUT2D eigenvalue weighted by molar-refractivity contribution is 5.92. The fourth-order valence-corrected chi connectivity index (χ4v) is 3.19. The molecule has 0 saturated heterocycles. The van der Waals surface area contributed by atoms with Crippen molar-refractivity contribution in [1.82, 2.24) is 5.32 Å². The van der Waals surface area contributed by atoms with Gasteiger partial charge >= 0.3 is 0 Å². The molecule has 1 heterocycles. The molecule has 1 aromatic heterocycles. The molecule has 23 heavy (non-hydrogen) atoms. The van der Waals surface area contributed by atoms with Crippen LogP contribution < -0.4 is 10.6 Å². The maximum absolute atomic E-state index is 11.9. The van der Waals surface area contributed by atoms with Crippen LogP contribution in [-0.4, -0.2) is 12.5 Å². The number of furan rings is 1. The van der Waals surface area contributed by atoms with Crippen molar-refractivity contribution in [3.63, 3.8) is 0 Å². The predicted octanol–water partition coefficient (Wildman–Crippen LogP) is 4.06. The number of rotatable bonds is 6. The first-order valence-corrected chi connectivity index (χ1v) is 8.44. The second-order valence-corrected chi connectivity index (χ2v) is 6.19. The summed E-state index contributed by atoms with van der Waals surface area (Å²) < 4.78 is 5.21. The van der Waals surface area contributed by atoms with Gasteiger partial charge in [0, 0.05) is 5.69 Å². The van der Waals surface area contributed by atoms with E-state index in [0.29, 0.717) is 12.5 Å². The SMILES string of the molecule is O=C(CNCc1ccco1)Nc1ccc(C2CCCCC2)cc1. The highest BCUT2D eigenvalue weighted by atomic mass is 16.3. The second kappa shape index (κ2) is 7.97. The summed E-state index contributed by atoms with van der Waals surface area (Å²) in [6, 6.07) is 12.0. The zero-order chi connectivity index (χ0) is 15.9. The summed E-state index contributed by atoms with van der Waals surface area (Å²) in [6.45, 7) is 0.826. The van der Waals surface area contributed by atoms with Gasteiger partial charge in [0.2, 0.25) is 5.91 Å². The molecule has 1 aromatic carbocycles. The van der Waals surface area contributed by atoms with Crippen molar-refractivity contribution in [3.05, 3.63) is 54.0 Å². The van der Waals surface area contributed by atoms with Crippen molar-refractivity contribution < 1.29 is 9.21 Å². The number of nitrogens with one attached hydrogen (secondary N) is 2. The molecule has 3 rings (SSSR count). The van der Waals surface area contributed by atoms with Crippen molar-refractivity contribution in [1.29, 1.82) is 0 Å². The average Bonchev–Trinajstić information content (AvgIpc) is 3.10. The van der Waals surface area contributed by atoms with Crippen LogP contribution in [0.2, 0.25) is 0 Å². The lowest BCUT2D eigenvalue weighted by Crippen LogP contribution is -2.27. The van der Waals surface area contributed by atoms with E-state index in [1.165, 1.54) is 37.7 Å². The van der Waals surface area contributed by atoms with Crippen molar-refractivity contribution in [3.8, 4) is 0 Å². The van der Waals surface area contributed by atoms with Crippen LogP contribution in [0.5, 0.6) is 0 Å². The third-order valence-corrected chi connectivity index (χ3v) is 4.44. The standard InChI is InChI=1S/C19H24N2O2/c22-19(14-20-13-18-7-4-12-23-18)21-17-10-8-16(9-11-17)15-5-2-1-3-6-15/h4,7-12,15,20H,1-3,5-6,13-14H2,(H,21,22). The van der Waals surface area contributed by atoms with Crippen molar-refractivity contribution >= 4 is 11.6 Å². The van der Waals surface area contributed by atoms with Gasteiger partial charge in [-0.05, 0) is 48.6 Å². The van der Waals surface area contributed by atoms with E-state index in [1.807, 2.05) is 24.3 Å². The molecular formula is C19H24N2O2. The van der Waals surface area contributed by atoms with E-state index in [9.17, 15) is 4.79 Å². The minimum atomic E-state index is -0.0398. The minimum Gasteiger partial charge on any atom is -0.468 e. The topological polar surface area (TPSA) is 54.3 Å². The van der Waals surface area contributed by atoms with Crippen molar-refractivity contribution in [2.45, 2.75) is 44.6 Å². The smallest absolute Gasteiger partial charge is 0.238 e. The molecule has 122 valence electrons. The number of carbonyl (C=O) groups excluding carboxylic acids is 1. The summed E-state index contributed by atoms with van der Waals surface area (Å²) in [7, 11) is 0. The average molecular weight is 312 g/mol. The van der Waals surface area contributed by atoms with Crippen molar-refractivity contribution in [2.75, 3.05) is 11.9 Å². The van der Waals surface area contributed by atoms with Gasteiger partial charge in [0.15, 0.2) is 0 Å². The molecule has 0 aliphatic heterocycles. The lowest BCUT2D eigenvalue weighted by atomic mass is 9.84. The Labute approximate surface area is 137 Å². The molecule has 1 saturated carbocycles. The summed E-state index contributed by atoms with van der Waals surface area (Å²) in [5, 5.41) is 5.99. The van der Waals surface area contributed by atoms with Crippen LogP contribution >= 0.6 is 0 Å². The molecule has 2 aromatic rings. The van der Waals surface area contributed by atoms with Gasteiger partial charge in [-0.2, -0.15) is 0 Å². The maximum atomic E-state index is 11.9. The first-order chi connectivity index (χ1) is 11.3. The fraction of sp³-hybridized carbons (Fsp3) is 0.421. The van der Waals surface area contributed by atoms with Crippen LogP contribution in [0.4, 0.5) is 5.69 Å². The van der Waals surface area contributed by atoms with E-state index < -0.39 is 0 Å². The number of anilines is 1. The van der Waals surface area contributed by atoms with Crippen molar-refractivity contribution in [2.24, 2.45) is 0 Å². The molecule has 0 spiro atoms. The quantitative estimate of drug-likeness (QED) is 0.846. The fourth-order valence-electron chi connectivity index (χ4n) is 3.19. The van der Waals surface area contributed by atoms with Crippen LogP contribution in [0.3, 0.4) is 0 Å². The molecule has 1 fully saturated rings. The van der Waals surface area contributed by atoms with E-state index in [4.69, 9.17) is 4.42 Å². The number of hydrogen-bond acceptors (Lipinski definition) is 3. The van der Waals surface area contributed by atoms with Crippen LogP contribution in [0.15, 0.2) is 47.1 Å². The van der Waals surface area contributed by atoms with E-state index in [-0.39, 0.29) is 12.5 Å².